The Hall–Kier alpha value is -2.10. The third kappa shape index (κ3) is 2.27. The van der Waals surface area contributed by atoms with Gasteiger partial charge in [0.05, 0.1) is 12.5 Å². The van der Waals surface area contributed by atoms with Gasteiger partial charge in [-0.15, -0.1) is 0 Å². The summed E-state index contributed by atoms with van der Waals surface area (Å²) in [4.78, 5) is 18.2. The lowest BCUT2D eigenvalue weighted by atomic mass is 10.3. The maximum absolute atomic E-state index is 12.3. The van der Waals surface area contributed by atoms with E-state index in [0.29, 0.717) is 18.8 Å². The second-order valence-corrected chi connectivity index (χ2v) is 3.96. The highest BCUT2D eigenvalue weighted by molar-refractivity contribution is 5.93. The van der Waals surface area contributed by atoms with Crippen molar-refractivity contribution in [3.05, 3.63) is 48.5 Å². The van der Waals surface area contributed by atoms with Crippen molar-refractivity contribution in [2.75, 3.05) is 13.1 Å². The fourth-order valence-electron chi connectivity index (χ4n) is 1.92. The molecule has 1 amide bonds. The van der Waals surface area contributed by atoms with Gasteiger partial charge in [-0.05, 0) is 26.0 Å². The molecule has 0 N–H and O–H groups in total. The van der Waals surface area contributed by atoms with Crippen LogP contribution in [0, 0.1) is 0 Å². The van der Waals surface area contributed by atoms with E-state index >= 15 is 0 Å². The summed E-state index contributed by atoms with van der Waals surface area (Å²) in [6, 6.07) is 9.76. The van der Waals surface area contributed by atoms with Crippen LogP contribution in [-0.4, -0.2) is 33.4 Å². The number of rotatable bonds is 4. The molecule has 0 fully saturated rings. The Balaban J connectivity index is 2.37. The van der Waals surface area contributed by atoms with E-state index in [1.807, 2.05) is 48.7 Å². The fourth-order valence-corrected chi connectivity index (χ4v) is 1.92. The van der Waals surface area contributed by atoms with Crippen molar-refractivity contribution >= 4 is 5.91 Å². The normalized spacial score (nSPS) is 10.3. The molecular formula is C14H17N3O. The molecule has 1 heterocycles. The predicted octanol–water partition coefficient (Wildman–Crippen LogP) is 2.35. The third-order valence-corrected chi connectivity index (χ3v) is 2.94. The first-order chi connectivity index (χ1) is 8.77. The topological polar surface area (TPSA) is 38.1 Å². The van der Waals surface area contributed by atoms with Crippen molar-refractivity contribution in [1.82, 2.24) is 14.5 Å². The minimum Gasteiger partial charge on any atom is -0.338 e. The number of hydrogen-bond donors (Lipinski definition) is 0. The maximum Gasteiger partial charge on any atom is 0.272 e. The van der Waals surface area contributed by atoms with Crippen molar-refractivity contribution in [3.63, 3.8) is 0 Å². The summed E-state index contributed by atoms with van der Waals surface area (Å²) in [5.74, 6) is 0.0151. The molecule has 0 unspecified atom stereocenters. The van der Waals surface area contributed by atoms with E-state index in [1.165, 1.54) is 0 Å². The van der Waals surface area contributed by atoms with Crippen molar-refractivity contribution in [2.45, 2.75) is 13.8 Å². The molecule has 0 aliphatic heterocycles. The van der Waals surface area contributed by atoms with Gasteiger partial charge in [-0.25, -0.2) is 4.98 Å². The monoisotopic (exact) mass is 243 g/mol. The Morgan fingerprint density at radius 3 is 2.50 bits per heavy atom. The minimum atomic E-state index is 0.0151. The molecule has 94 valence electrons. The summed E-state index contributed by atoms with van der Waals surface area (Å²) < 4.78 is 1.82. The van der Waals surface area contributed by atoms with E-state index in [-0.39, 0.29) is 5.91 Å². The molecule has 0 atom stereocenters. The lowest BCUT2D eigenvalue weighted by Crippen LogP contribution is -2.31. The number of benzene rings is 1. The van der Waals surface area contributed by atoms with Crippen LogP contribution >= 0.6 is 0 Å². The van der Waals surface area contributed by atoms with E-state index in [2.05, 4.69) is 4.98 Å². The lowest BCUT2D eigenvalue weighted by Gasteiger charge is -2.19. The summed E-state index contributed by atoms with van der Waals surface area (Å²) >= 11 is 0. The molecule has 4 heteroatoms. The average Bonchev–Trinajstić information content (AvgIpc) is 2.90. The standard InChI is InChI=1S/C14H17N3O/c1-3-16(4-2)14(18)13-10-15-11-17(13)12-8-6-5-7-9-12/h5-11H,3-4H2,1-2H3. The van der Waals surface area contributed by atoms with E-state index in [0.717, 1.165) is 5.69 Å². The molecule has 18 heavy (non-hydrogen) atoms. The average molecular weight is 243 g/mol. The number of carbonyl (C=O) groups is 1. The van der Waals surface area contributed by atoms with Crippen LogP contribution in [0.4, 0.5) is 0 Å². The van der Waals surface area contributed by atoms with Crippen molar-refractivity contribution < 1.29 is 4.79 Å². The second-order valence-electron chi connectivity index (χ2n) is 3.96. The SMILES string of the molecule is CCN(CC)C(=O)c1cncn1-c1ccccc1. The number of imidazole rings is 1. The highest BCUT2D eigenvalue weighted by atomic mass is 16.2. The van der Waals surface area contributed by atoms with Gasteiger partial charge in [0.25, 0.3) is 5.91 Å². The fraction of sp³-hybridized carbons (Fsp3) is 0.286. The zero-order chi connectivity index (χ0) is 13.0. The van der Waals surface area contributed by atoms with Crippen molar-refractivity contribution in [1.29, 1.82) is 0 Å². The first-order valence-electron chi connectivity index (χ1n) is 6.15. The molecule has 4 nitrogen and oxygen atoms in total. The molecular weight excluding hydrogens is 226 g/mol. The number of nitrogens with zero attached hydrogens (tertiary/aromatic N) is 3. The summed E-state index contributed by atoms with van der Waals surface area (Å²) in [7, 11) is 0. The number of aromatic nitrogens is 2. The van der Waals surface area contributed by atoms with Crippen LogP contribution in [0.2, 0.25) is 0 Å². The van der Waals surface area contributed by atoms with Crippen molar-refractivity contribution in [2.24, 2.45) is 0 Å². The van der Waals surface area contributed by atoms with Gasteiger partial charge in [0.2, 0.25) is 0 Å². The highest BCUT2D eigenvalue weighted by Gasteiger charge is 2.17. The smallest absolute Gasteiger partial charge is 0.272 e. The van der Waals surface area contributed by atoms with E-state index in [4.69, 9.17) is 0 Å². The number of para-hydroxylation sites is 1. The minimum absolute atomic E-state index is 0.0151. The number of hydrogen-bond acceptors (Lipinski definition) is 2. The van der Waals surface area contributed by atoms with Crippen LogP contribution in [-0.2, 0) is 0 Å². The molecule has 0 spiro atoms. The zero-order valence-electron chi connectivity index (χ0n) is 10.7. The summed E-state index contributed by atoms with van der Waals surface area (Å²) in [5.41, 5.74) is 1.55. The quantitative estimate of drug-likeness (QED) is 0.826. The van der Waals surface area contributed by atoms with Gasteiger partial charge >= 0.3 is 0 Å². The van der Waals surface area contributed by atoms with Gasteiger partial charge in [0, 0.05) is 18.8 Å². The van der Waals surface area contributed by atoms with E-state index < -0.39 is 0 Å². The van der Waals surface area contributed by atoms with Gasteiger partial charge < -0.3 is 4.90 Å². The summed E-state index contributed by atoms with van der Waals surface area (Å²) in [6.07, 6.45) is 3.29. The largest absolute Gasteiger partial charge is 0.338 e. The molecule has 0 saturated heterocycles. The first kappa shape index (κ1) is 12.4. The Labute approximate surface area is 107 Å². The van der Waals surface area contributed by atoms with Gasteiger partial charge in [-0.1, -0.05) is 18.2 Å². The molecule has 0 aliphatic rings. The van der Waals surface area contributed by atoms with Gasteiger partial charge in [0.1, 0.15) is 5.69 Å². The van der Waals surface area contributed by atoms with Gasteiger partial charge in [-0.2, -0.15) is 0 Å². The molecule has 0 saturated carbocycles. The van der Waals surface area contributed by atoms with Gasteiger partial charge in [0.15, 0.2) is 0 Å². The van der Waals surface area contributed by atoms with Crippen LogP contribution in [0.1, 0.15) is 24.3 Å². The van der Waals surface area contributed by atoms with Crippen LogP contribution < -0.4 is 0 Å². The van der Waals surface area contributed by atoms with Crippen LogP contribution in [0.3, 0.4) is 0 Å². The molecule has 2 aromatic rings. The second kappa shape index (κ2) is 5.49. The number of carbonyl (C=O) groups excluding carboxylic acids is 1. The van der Waals surface area contributed by atoms with Crippen LogP contribution in [0.5, 0.6) is 0 Å². The Morgan fingerprint density at radius 2 is 1.89 bits per heavy atom. The zero-order valence-corrected chi connectivity index (χ0v) is 10.7. The first-order valence-corrected chi connectivity index (χ1v) is 6.15. The molecule has 1 aromatic carbocycles. The summed E-state index contributed by atoms with van der Waals surface area (Å²) in [5, 5.41) is 0. The van der Waals surface area contributed by atoms with Gasteiger partial charge in [-0.3, -0.25) is 9.36 Å². The van der Waals surface area contributed by atoms with E-state index in [1.54, 1.807) is 17.4 Å². The molecule has 0 radical (unpaired) electrons. The maximum atomic E-state index is 12.3. The molecule has 1 aromatic heterocycles. The lowest BCUT2D eigenvalue weighted by molar-refractivity contribution is 0.0765. The Morgan fingerprint density at radius 1 is 1.22 bits per heavy atom. The molecule has 0 bridgehead atoms. The van der Waals surface area contributed by atoms with Crippen molar-refractivity contribution in [3.8, 4) is 5.69 Å². The molecule has 0 aliphatic carbocycles. The summed E-state index contributed by atoms with van der Waals surface area (Å²) in [6.45, 7) is 5.36. The van der Waals surface area contributed by atoms with E-state index in [9.17, 15) is 4.79 Å². The van der Waals surface area contributed by atoms with Crippen LogP contribution in [0.15, 0.2) is 42.9 Å². The number of amides is 1. The highest BCUT2D eigenvalue weighted by Crippen LogP contribution is 2.12. The Bertz CT molecular complexity index is 515. The predicted molar refractivity (Wildman–Crippen MR) is 70.8 cm³/mol. The Kier molecular flexibility index (Phi) is 3.77. The molecule has 2 rings (SSSR count). The third-order valence-electron chi connectivity index (χ3n) is 2.94. The van der Waals surface area contributed by atoms with Crippen LogP contribution in [0.25, 0.3) is 5.69 Å².